The summed E-state index contributed by atoms with van der Waals surface area (Å²) >= 11 is 6.29. The maximum Gasteiger partial charge on any atom is 0.231 e. The summed E-state index contributed by atoms with van der Waals surface area (Å²) in [5.74, 6) is 1.45. The second kappa shape index (κ2) is 7.12. The van der Waals surface area contributed by atoms with E-state index in [2.05, 4.69) is 15.9 Å². The summed E-state index contributed by atoms with van der Waals surface area (Å²) in [7, 11) is 0. The number of benzene rings is 2. The number of rotatable bonds is 4. The molecule has 132 valence electrons. The van der Waals surface area contributed by atoms with Gasteiger partial charge in [0.1, 0.15) is 0 Å². The van der Waals surface area contributed by atoms with E-state index >= 15 is 0 Å². The van der Waals surface area contributed by atoms with Gasteiger partial charge in [-0.1, -0.05) is 29.8 Å². The molecule has 1 saturated heterocycles. The molecule has 2 heterocycles. The van der Waals surface area contributed by atoms with Crippen molar-refractivity contribution in [2.45, 2.75) is 6.10 Å². The highest BCUT2D eigenvalue weighted by Crippen LogP contribution is 2.34. The van der Waals surface area contributed by atoms with Gasteiger partial charge in [-0.3, -0.25) is 4.90 Å². The number of fused-ring (bicyclic) bond motifs is 1. The number of hydrogen-bond donors (Lipinski definition) is 1. The fourth-order valence-electron chi connectivity index (χ4n) is 3.35. The third-order valence-corrected chi connectivity index (χ3v) is 5.10. The number of β-amino-alcohol motifs (C(OH)–C–C–N with tert-alkyl or cyclic N) is 1. The minimum Gasteiger partial charge on any atom is -0.454 e. The summed E-state index contributed by atoms with van der Waals surface area (Å²) in [6.07, 6.45) is -0.540. The van der Waals surface area contributed by atoms with Crippen LogP contribution in [0.5, 0.6) is 11.5 Å². The molecule has 0 unspecified atom stereocenters. The van der Waals surface area contributed by atoms with Crippen molar-refractivity contribution in [3.05, 3.63) is 53.1 Å². The number of halogens is 1. The summed E-state index contributed by atoms with van der Waals surface area (Å²) in [5, 5.41) is 11.3. The molecule has 0 aromatic heterocycles. The van der Waals surface area contributed by atoms with E-state index in [1.807, 2.05) is 36.4 Å². The molecule has 0 saturated carbocycles. The summed E-state index contributed by atoms with van der Waals surface area (Å²) in [6, 6.07) is 13.6. The van der Waals surface area contributed by atoms with Crippen molar-refractivity contribution in [2.75, 3.05) is 44.4 Å². The van der Waals surface area contributed by atoms with Gasteiger partial charge in [0.05, 0.1) is 16.8 Å². The van der Waals surface area contributed by atoms with Crippen molar-refractivity contribution < 1.29 is 14.6 Å². The van der Waals surface area contributed by atoms with Crippen LogP contribution >= 0.6 is 11.6 Å². The van der Waals surface area contributed by atoms with Gasteiger partial charge >= 0.3 is 0 Å². The maximum atomic E-state index is 10.6. The van der Waals surface area contributed by atoms with E-state index in [0.29, 0.717) is 12.3 Å². The smallest absolute Gasteiger partial charge is 0.231 e. The van der Waals surface area contributed by atoms with Gasteiger partial charge in [-0.05, 0) is 29.8 Å². The predicted molar refractivity (Wildman–Crippen MR) is 97.6 cm³/mol. The molecular weight excluding hydrogens is 340 g/mol. The molecule has 0 spiro atoms. The maximum absolute atomic E-state index is 10.6. The Hall–Kier alpha value is -1.95. The van der Waals surface area contributed by atoms with Crippen LogP contribution in [0.4, 0.5) is 5.69 Å². The van der Waals surface area contributed by atoms with Gasteiger partial charge in [0.25, 0.3) is 0 Å². The van der Waals surface area contributed by atoms with Crippen LogP contribution in [-0.2, 0) is 0 Å². The lowest BCUT2D eigenvalue weighted by Crippen LogP contribution is -2.47. The lowest BCUT2D eigenvalue weighted by atomic mass is 10.1. The zero-order valence-electron chi connectivity index (χ0n) is 13.9. The van der Waals surface area contributed by atoms with Crippen molar-refractivity contribution >= 4 is 17.3 Å². The molecular formula is C19H21ClN2O3. The first-order valence-corrected chi connectivity index (χ1v) is 8.88. The van der Waals surface area contributed by atoms with Crippen molar-refractivity contribution in [1.29, 1.82) is 0 Å². The summed E-state index contributed by atoms with van der Waals surface area (Å²) in [6.45, 7) is 4.45. The van der Waals surface area contributed by atoms with Gasteiger partial charge in [0.2, 0.25) is 6.79 Å². The highest BCUT2D eigenvalue weighted by molar-refractivity contribution is 6.33. The number of hydrogen-bond acceptors (Lipinski definition) is 5. The number of piperazine rings is 1. The molecule has 1 fully saturated rings. The molecule has 0 bridgehead atoms. The van der Waals surface area contributed by atoms with Crippen LogP contribution < -0.4 is 14.4 Å². The Labute approximate surface area is 152 Å². The number of aliphatic hydroxyl groups excluding tert-OH is 1. The zero-order chi connectivity index (χ0) is 17.2. The van der Waals surface area contributed by atoms with E-state index in [-0.39, 0.29) is 6.79 Å². The lowest BCUT2D eigenvalue weighted by molar-refractivity contribution is 0.109. The highest BCUT2D eigenvalue weighted by atomic mass is 35.5. The largest absolute Gasteiger partial charge is 0.454 e. The Morgan fingerprint density at radius 3 is 2.56 bits per heavy atom. The molecule has 1 N–H and O–H groups in total. The number of anilines is 1. The van der Waals surface area contributed by atoms with Crippen LogP contribution in [0.2, 0.25) is 5.02 Å². The molecule has 5 nitrogen and oxygen atoms in total. The number of aliphatic hydroxyl groups is 1. The summed E-state index contributed by atoms with van der Waals surface area (Å²) < 4.78 is 10.7. The SMILES string of the molecule is O[C@H](CN1CCN(c2ccccc2Cl)CC1)c1ccc2c(c1)OCO2. The van der Waals surface area contributed by atoms with Crippen molar-refractivity contribution in [3.8, 4) is 11.5 Å². The molecule has 2 aliphatic rings. The Morgan fingerprint density at radius 1 is 1.00 bits per heavy atom. The first kappa shape index (κ1) is 16.5. The molecule has 0 aliphatic carbocycles. The molecule has 2 aromatic carbocycles. The van der Waals surface area contributed by atoms with Crippen LogP contribution in [-0.4, -0.2) is 49.5 Å². The summed E-state index contributed by atoms with van der Waals surface area (Å²) in [4.78, 5) is 4.58. The zero-order valence-corrected chi connectivity index (χ0v) is 14.7. The molecule has 4 rings (SSSR count). The topological polar surface area (TPSA) is 45.2 Å². The van der Waals surface area contributed by atoms with Crippen molar-refractivity contribution in [1.82, 2.24) is 4.90 Å². The van der Waals surface area contributed by atoms with Crippen LogP contribution in [0.15, 0.2) is 42.5 Å². The molecule has 2 aromatic rings. The van der Waals surface area contributed by atoms with Crippen LogP contribution in [0.25, 0.3) is 0 Å². The monoisotopic (exact) mass is 360 g/mol. The minimum atomic E-state index is -0.540. The quantitative estimate of drug-likeness (QED) is 0.908. The Balaban J connectivity index is 1.35. The lowest BCUT2D eigenvalue weighted by Gasteiger charge is -2.37. The van der Waals surface area contributed by atoms with E-state index in [9.17, 15) is 5.11 Å². The van der Waals surface area contributed by atoms with E-state index in [4.69, 9.17) is 21.1 Å². The molecule has 6 heteroatoms. The average molecular weight is 361 g/mol. The van der Waals surface area contributed by atoms with Crippen molar-refractivity contribution in [2.24, 2.45) is 0 Å². The van der Waals surface area contributed by atoms with Crippen LogP contribution in [0.1, 0.15) is 11.7 Å². The van der Waals surface area contributed by atoms with Crippen LogP contribution in [0.3, 0.4) is 0 Å². The van der Waals surface area contributed by atoms with E-state index in [1.54, 1.807) is 0 Å². The normalized spacial score (nSPS) is 18.4. The van der Waals surface area contributed by atoms with E-state index in [0.717, 1.165) is 48.2 Å². The number of ether oxygens (including phenoxy) is 2. The van der Waals surface area contributed by atoms with E-state index in [1.165, 1.54) is 0 Å². The van der Waals surface area contributed by atoms with Gasteiger partial charge in [-0.2, -0.15) is 0 Å². The Kier molecular flexibility index (Phi) is 4.70. The van der Waals surface area contributed by atoms with Gasteiger partial charge < -0.3 is 19.5 Å². The molecule has 0 radical (unpaired) electrons. The Bertz CT molecular complexity index is 747. The fraction of sp³-hybridized carbons (Fsp3) is 0.368. The molecule has 2 aliphatic heterocycles. The van der Waals surface area contributed by atoms with Crippen LogP contribution in [0, 0.1) is 0 Å². The van der Waals surface area contributed by atoms with Crippen molar-refractivity contribution in [3.63, 3.8) is 0 Å². The number of para-hydroxylation sites is 1. The minimum absolute atomic E-state index is 0.249. The Morgan fingerprint density at radius 2 is 1.76 bits per heavy atom. The van der Waals surface area contributed by atoms with E-state index < -0.39 is 6.10 Å². The van der Waals surface area contributed by atoms with Gasteiger partial charge in [-0.15, -0.1) is 0 Å². The molecule has 1 atom stereocenters. The standard InChI is InChI=1S/C19H21ClN2O3/c20-15-3-1-2-4-16(15)22-9-7-21(8-10-22)12-17(23)14-5-6-18-19(11-14)25-13-24-18/h1-6,11,17,23H,7-10,12-13H2/t17-/m1/s1. The van der Waals surface area contributed by atoms with Gasteiger partial charge in [-0.25, -0.2) is 0 Å². The predicted octanol–water partition coefficient (Wildman–Crippen LogP) is 2.92. The van der Waals surface area contributed by atoms with Gasteiger partial charge in [0, 0.05) is 32.7 Å². The molecule has 25 heavy (non-hydrogen) atoms. The fourth-order valence-corrected chi connectivity index (χ4v) is 3.61. The summed E-state index contributed by atoms with van der Waals surface area (Å²) in [5.41, 5.74) is 1.94. The van der Waals surface area contributed by atoms with Gasteiger partial charge in [0.15, 0.2) is 11.5 Å². The third kappa shape index (κ3) is 3.54. The molecule has 0 amide bonds. The first-order valence-electron chi connectivity index (χ1n) is 8.50. The third-order valence-electron chi connectivity index (χ3n) is 4.78. The average Bonchev–Trinajstić information content (AvgIpc) is 3.10. The number of nitrogens with zero attached hydrogens (tertiary/aromatic N) is 2. The first-order chi connectivity index (χ1) is 12.2. The second-order valence-electron chi connectivity index (χ2n) is 6.37. The highest BCUT2D eigenvalue weighted by Gasteiger charge is 2.22. The second-order valence-corrected chi connectivity index (χ2v) is 6.77.